The molecule has 3 nitrogen and oxygen atoms in total. The summed E-state index contributed by atoms with van der Waals surface area (Å²) >= 11 is 5.48. The molecule has 0 saturated heterocycles. The molecular formula is C10H7ClF2N2O. The van der Waals surface area contributed by atoms with E-state index >= 15 is 0 Å². The van der Waals surface area contributed by atoms with Gasteiger partial charge in [-0.1, -0.05) is 11.2 Å². The van der Waals surface area contributed by atoms with E-state index in [1.165, 1.54) is 12.1 Å². The summed E-state index contributed by atoms with van der Waals surface area (Å²) in [5.41, 5.74) is 0.309. The first kappa shape index (κ1) is 11.0. The van der Waals surface area contributed by atoms with Crippen molar-refractivity contribution in [2.45, 2.75) is 12.3 Å². The van der Waals surface area contributed by atoms with Crippen molar-refractivity contribution >= 4 is 11.6 Å². The highest BCUT2D eigenvalue weighted by Gasteiger charge is 2.09. The summed E-state index contributed by atoms with van der Waals surface area (Å²) in [6, 6.07) is 3.35. The molecule has 0 amide bonds. The second-order valence-electron chi connectivity index (χ2n) is 3.15. The molecule has 2 rings (SSSR count). The summed E-state index contributed by atoms with van der Waals surface area (Å²) < 4.78 is 30.7. The van der Waals surface area contributed by atoms with Gasteiger partial charge in [0.15, 0.2) is 5.82 Å². The lowest BCUT2D eigenvalue weighted by molar-refractivity contribution is 0.385. The van der Waals surface area contributed by atoms with Gasteiger partial charge in [-0.05, 0) is 11.6 Å². The highest BCUT2D eigenvalue weighted by Crippen LogP contribution is 2.13. The van der Waals surface area contributed by atoms with Crippen molar-refractivity contribution in [2.75, 3.05) is 0 Å². The van der Waals surface area contributed by atoms with E-state index in [1.807, 2.05) is 0 Å². The number of hydrogen-bond donors (Lipinski definition) is 0. The largest absolute Gasteiger partial charge is 0.338 e. The molecule has 2 aromatic rings. The van der Waals surface area contributed by atoms with Crippen LogP contribution in [0.25, 0.3) is 0 Å². The average molecular weight is 245 g/mol. The fraction of sp³-hybridized carbons (Fsp3) is 0.200. The lowest BCUT2D eigenvalue weighted by atomic mass is 10.1. The van der Waals surface area contributed by atoms with E-state index < -0.39 is 11.6 Å². The summed E-state index contributed by atoms with van der Waals surface area (Å²) in [7, 11) is 0. The second-order valence-corrected chi connectivity index (χ2v) is 3.42. The van der Waals surface area contributed by atoms with Crippen LogP contribution in [0, 0.1) is 11.6 Å². The number of halogens is 3. The van der Waals surface area contributed by atoms with Gasteiger partial charge in [0.2, 0.25) is 5.89 Å². The lowest BCUT2D eigenvalue weighted by Crippen LogP contribution is -1.95. The SMILES string of the molecule is Fc1ccc(Cc2noc(CCl)n2)c(F)c1. The maximum absolute atomic E-state index is 13.3. The summed E-state index contributed by atoms with van der Waals surface area (Å²) in [6.45, 7) is 0. The molecule has 0 radical (unpaired) electrons. The Balaban J connectivity index is 2.20. The standard InChI is InChI=1S/C10H7ClF2N2O/c11-5-10-14-9(15-16-10)3-6-1-2-7(12)4-8(6)13/h1-2,4H,3,5H2. The third kappa shape index (κ3) is 2.36. The molecule has 1 aromatic carbocycles. The van der Waals surface area contributed by atoms with Crippen LogP contribution in [0.2, 0.25) is 0 Å². The topological polar surface area (TPSA) is 38.9 Å². The van der Waals surface area contributed by atoms with Crippen LogP contribution in [0.1, 0.15) is 17.3 Å². The van der Waals surface area contributed by atoms with Gasteiger partial charge in [0, 0.05) is 12.5 Å². The minimum Gasteiger partial charge on any atom is -0.338 e. The summed E-state index contributed by atoms with van der Waals surface area (Å²) in [5.74, 6) is -0.535. The molecule has 1 aromatic heterocycles. The number of rotatable bonds is 3. The number of hydrogen-bond acceptors (Lipinski definition) is 3. The quantitative estimate of drug-likeness (QED) is 0.780. The first-order valence-electron chi connectivity index (χ1n) is 4.50. The zero-order valence-electron chi connectivity index (χ0n) is 8.08. The molecule has 1 heterocycles. The van der Waals surface area contributed by atoms with Crippen molar-refractivity contribution < 1.29 is 13.3 Å². The van der Waals surface area contributed by atoms with Crippen molar-refractivity contribution in [1.29, 1.82) is 0 Å². The van der Waals surface area contributed by atoms with Crippen LogP contribution in [0.5, 0.6) is 0 Å². The van der Waals surface area contributed by atoms with Crippen molar-refractivity contribution in [3.8, 4) is 0 Å². The normalized spacial score (nSPS) is 10.7. The van der Waals surface area contributed by atoms with Gasteiger partial charge in [0.05, 0.1) is 0 Å². The zero-order chi connectivity index (χ0) is 11.5. The van der Waals surface area contributed by atoms with E-state index in [0.29, 0.717) is 11.4 Å². The smallest absolute Gasteiger partial charge is 0.241 e. The van der Waals surface area contributed by atoms with Crippen LogP contribution in [0.4, 0.5) is 8.78 Å². The van der Waals surface area contributed by atoms with Crippen molar-refractivity contribution in [3.63, 3.8) is 0 Å². The van der Waals surface area contributed by atoms with Crippen molar-refractivity contribution in [3.05, 3.63) is 47.1 Å². The molecule has 84 valence electrons. The summed E-state index contributed by atoms with van der Waals surface area (Å²) in [4.78, 5) is 3.92. The van der Waals surface area contributed by atoms with Gasteiger partial charge in [-0.2, -0.15) is 4.98 Å². The van der Waals surface area contributed by atoms with E-state index in [9.17, 15) is 8.78 Å². The molecular weight excluding hydrogens is 238 g/mol. The maximum atomic E-state index is 13.3. The molecule has 6 heteroatoms. The van der Waals surface area contributed by atoms with Crippen LogP contribution in [-0.2, 0) is 12.3 Å². The Morgan fingerprint density at radius 1 is 1.31 bits per heavy atom. The van der Waals surface area contributed by atoms with E-state index in [-0.39, 0.29) is 18.2 Å². The highest BCUT2D eigenvalue weighted by molar-refractivity contribution is 6.16. The molecule has 0 spiro atoms. The van der Waals surface area contributed by atoms with Crippen LogP contribution in [0.3, 0.4) is 0 Å². The number of benzene rings is 1. The predicted molar refractivity (Wildman–Crippen MR) is 53.0 cm³/mol. The first-order valence-corrected chi connectivity index (χ1v) is 5.04. The lowest BCUT2D eigenvalue weighted by Gasteiger charge is -1.98. The minimum atomic E-state index is -0.628. The van der Waals surface area contributed by atoms with Crippen LogP contribution < -0.4 is 0 Å². The van der Waals surface area contributed by atoms with Crippen molar-refractivity contribution in [2.24, 2.45) is 0 Å². The third-order valence-electron chi connectivity index (χ3n) is 1.99. The molecule has 0 aliphatic heterocycles. The Morgan fingerprint density at radius 2 is 2.12 bits per heavy atom. The average Bonchev–Trinajstić information content (AvgIpc) is 2.70. The first-order chi connectivity index (χ1) is 7.69. The Morgan fingerprint density at radius 3 is 2.75 bits per heavy atom. The molecule has 0 bridgehead atoms. The Hall–Kier alpha value is -1.49. The fourth-order valence-corrected chi connectivity index (χ4v) is 1.36. The van der Waals surface area contributed by atoms with Gasteiger partial charge in [-0.3, -0.25) is 0 Å². The molecule has 0 atom stereocenters. The number of nitrogens with zero attached hydrogens (tertiary/aromatic N) is 2. The van der Waals surface area contributed by atoms with Crippen molar-refractivity contribution in [1.82, 2.24) is 10.1 Å². The monoisotopic (exact) mass is 244 g/mol. The van der Waals surface area contributed by atoms with Gasteiger partial charge in [0.1, 0.15) is 17.5 Å². The molecule has 0 saturated carbocycles. The minimum absolute atomic E-state index is 0.110. The van der Waals surface area contributed by atoms with E-state index in [1.54, 1.807) is 0 Å². The second kappa shape index (κ2) is 4.57. The third-order valence-corrected chi connectivity index (χ3v) is 2.22. The molecule has 0 unspecified atom stereocenters. The van der Waals surface area contributed by atoms with Gasteiger partial charge < -0.3 is 4.52 Å². The highest BCUT2D eigenvalue weighted by atomic mass is 35.5. The molecule has 16 heavy (non-hydrogen) atoms. The molecule has 0 aliphatic carbocycles. The van der Waals surface area contributed by atoms with Crippen LogP contribution in [0.15, 0.2) is 22.7 Å². The van der Waals surface area contributed by atoms with E-state index in [2.05, 4.69) is 10.1 Å². The van der Waals surface area contributed by atoms with E-state index in [0.717, 1.165) is 6.07 Å². The number of aromatic nitrogens is 2. The number of alkyl halides is 1. The van der Waals surface area contributed by atoms with Gasteiger partial charge >= 0.3 is 0 Å². The Bertz CT molecular complexity index is 501. The summed E-state index contributed by atoms with van der Waals surface area (Å²) in [5, 5.41) is 3.61. The van der Waals surface area contributed by atoms with Gasteiger partial charge in [-0.25, -0.2) is 8.78 Å². The molecule has 0 fully saturated rings. The Labute approximate surface area is 95.0 Å². The van der Waals surface area contributed by atoms with Gasteiger partial charge in [0.25, 0.3) is 0 Å². The fourth-order valence-electron chi connectivity index (χ4n) is 1.25. The molecule has 0 aliphatic rings. The maximum Gasteiger partial charge on any atom is 0.241 e. The van der Waals surface area contributed by atoms with Crippen LogP contribution in [-0.4, -0.2) is 10.1 Å². The molecule has 0 N–H and O–H groups in total. The Kier molecular flexibility index (Phi) is 3.14. The van der Waals surface area contributed by atoms with Crippen LogP contribution >= 0.6 is 11.6 Å². The summed E-state index contributed by atoms with van der Waals surface area (Å²) in [6.07, 6.45) is 0.145. The van der Waals surface area contributed by atoms with Gasteiger partial charge in [-0.15, -0.1) is 11.6 Å². The zero-order valence-corrected chi connectivity index (χ0v) is 8.84. The van der Waals surface area contributed by atoms with E-state index in [4.69, 9.17) is 16.1 Å². The predicted octanol–water partition coefficient (Wildman–Crippen LogP) is 2.68.